The van der Waals surface area contributed by atoms with Crippen molar-refractivity contribution in [1.29, 1.82) is 0 Å². The van der Waals surface area contributed by atoms with Gasteiger partial charge in [0.2, 0.25) is 0 Å². The van der Waals surface area contributed by atoms with Gasteiger partial charge in [-0.05, 0) is 55.5 Å². The Kier molecular flexibility index (Phi) is 7.45. The van der Waals surface area contributed by atoms with Crippen molar-refractivity contribution in [3.8, 4) is 0 Å². The van der Waals surface area contributed by atoms with Crippen LogP contribution in [-0.2, 0) is 4.79 Å². The van der Waals surface area contributed by atoms with E-state index in [4.69, 9.17) is 5.11 Å². The summed E-state index contributed by atoms with van der Waals surface area (Å²) >= 11 is 0. The van der Waals surface area contributed by atoms with Crippen LogP contribution in [0.5, 0.6) is 0 Å². The maximum Gasteiger partial charge on any atom is 0.325 e. The summed E-state index contributed by atoms with van der Waals surface area (Å²) < 4.78 is 13.4. The van der Waals surface area contributed by atoms with Crippen LogP contribution in [0.2, 0.25) is 0 Å². The van der Waals surface area contributed by atoms with Gasteiger partial charge in [0.25, 0.3) is 0 Å². The van der Waals surface area contributed by atoms with Crippen molar-refractivity contribution in [1.82, 2.24) is 5.32 Å². The molecule has 0 unspecified atom stereocenters. The second-order valence-corrected chi connectivity index (χ2v) is 5.88. The third-order valence-corrected chi connectivity index (χ3v) is 3.40. The highest BCUT2D eigenvalue weighted by Crippen LogP contribution is 2.17. The number of allylic oxidation sites excluding steroid dienone is 1. The standard InChI is InChI=1S/C18H25FN2O2/c1-5-16(14-7-8-15(19)13(4)10-14)21-17(9-6-12(2)3)20-11-18(22)23/h5,7-8,10,12H,6,9,11H2,1-4H3,(H,20,21)(H,22,23). The number of carbonyl (C=O) groups is 1. The molecule has 0 aromatic heterocycles. The highest BCUT2D eigenvalue weighted by molar-refractivity contribution is 5.91. The lowest BCUT2D eigenvalue weighted by Gasteiger charge is -2.15. The molecule has 0 spiro atoms. The molecule has 0 aliphatic rings. The molecule has 23 heavy (non-hydrogen) atoms. The second kappa shape index (κ2) is 9.08. The Hall–Kier alpha value is -2.17. The summed E-state index contributed by atoms with van der Waals surface area (Å²) in [5.74, 6) is -0.0811. The number of halogens is 1. The van der Waals surface area contributed by atoms with Gasteiger partial charge < -0.3 is 10.4 Å². The smallest absolute Gasteiger partial charge is 0.325 e. The summed E-state index contributed by atoms with van der Waals surface area (Å²) in [4.78, 5) is 14.9. The Morgan fingerprint density at radius 1 is 1.43 bits per heavy atom. The first-order valence-corrected chi connectivity index (χ1v) is 7.78. The van der Waals surface area contributed by atoms with Crippen LogP contribution in [-0.4, -0.2) is 23.5 Å². The largest absolute Gasteiger partial charge is 0.480 e. The molecule has 0 radical (unpaired) electrons. The first-order valence-electron chi connectivity index (χ1n) is 7.78. The lowest BCUT2D eigenvalue weighted by molar-refractivity contribution is -0.135. The summed E-state index contributed by atoms with van der Waals surface area (Å²) in [6.07, 6.45) is 3.45. The molecule has 0 amide bonds. The number of carboxylic acid groups (broad SMARTS) is 1. The molecular weight excluding hydrogens is 295 g/mol. The fraction of sp³-hybridized carbons (Fsp3) is 0.444. The van der Waals surface area contributed by atoms with Gasteiger partial charge in [-0.1, -0.05) is 19.9 Å². The summed E-state index contributed by atoms with van der Waals surface area (Å²) in [7, 11) is 0. The van der Waals surface area contributed by atoms with E-state index in [9.17, 15) is 9.18 Å². The zero-order chi connectivity index (χ0) is 17.4. The van der Waals surface area contributed by atoms with E-state index >= 15 is 0 Å². The normalized spacial score (nSPS) is 12.6. The fourth-order valence-electron chi connectivity index (χ4n) is 2.05. The molecule has 0 bridgehead atoms. The Bertz CT molecular complexity index is 607. The van der Waals surface area contributed by atoms with Crippen LogP contribution in [0.4, 0.5) is 4.39 Å². The van der Waals surface area contributed by atoms with Crippen LogP contribution in [0, 0.1) is 18.7 Å². The van der Waals surface area contributed by atoms with Crippen LogP contribution in [0.25, 0.3) is 5.70 Å². The van der Waals surface area contributed by atoms with Crippen molar-refractivity contribution >= 4 is 17.5 Å². The van der Waals surface area contributed by atoms with Gasteiger partial charge in [-0.2, -0.15) is 0 Å². The molecule has 0 aliphatic heterocycles. The lowest BCUT2D eigenvalue weighted by Crippen LogP contribution is -2.24. The molecule has 2 N–H and O–H groups in total. The first kappa shape index (κ1) is 18.9. The highest BCUT2D eigenvalue weighted by atomic mass is 19.1. The minimum Gasteiger partial charge on any atom is -0.480 e. The van der Waals surface area contributed by atoms with E-state index in [1.54, 1.807) is 19.1 Å². The summed E-state index contributed by atoms with van der Waals surface area (Å²) in [5.41, 5.74) is 2.20. The number of amidine groups is 1. The van der Waals surface area contributed by atoms with Crippen molar-refractivity contribution in [2.75, 3.05) is 6.54 Å². The van der Waals surface area contributed by atoms with E-state index in [1.165, 1.54) is 6.07 Å². The number of rotatable bonds is 7. The first-order chi connectivity index (χ1) is 10.8. The number of nitrogens with one attached hydrogen (secondary N) is 1. The van der Waals surface area contributed by atoms with E-state index in [0.29, 0.717) is 23.7 Å². The number of nitrogens with zero attached hydrogens (tertiary/aromatic N) is 1. The molecule has 0 heterocycles. The third kappa shape index (κ3) is 6.63. The summed E-state index contributed by atoms with van der Waals surface area (Å²) in [6, 6.07) is 4.88. The number of aryl methyl sites for hydroxylation is 1. The van der Waals surface area contributed by atoms with Gasteiger partial charge in [-0.25, -0.2) is 4.39 Å². The SMILES string of the molecule is CC=C(NC(CCC(C)C)=NCC(=O)O)c1ccc(F)c(C)c1. The maximum atomic E-state index is 13.4. The number of hydrogen-bond donors (Lipinski definition) is 2. The topological polar surface area (TPSA) is 61.7 Å². The Morgan fingerprint density at radius 3 is 2.65 bits per heavy atom. The summed E-state index contributed by atoms with van der Waals surface area (Å²) in [6.45, 7) is 7.53. The molecule has 0 saturated heterocycles. The van der Waals surface area contributed by atoms with Gasteiger partial charge in [0.05, 0.1) is 0 Å². The molecule has 1 rings (SSSR count). The molecule has 126 valence electrons. The van der Waals surface area contributed by atoms with E-state index in [1.807, 2.05) is 13.0 Å². The lowest BCUT2D eigenvalue weighted by atomic mass is 10.1. The quantitative estimate of drug-likeness (QED) is 0.589. The molecule has 0 atom stereocenters. The molecule has 5 heteroatoms. The zero-order valence-corrected chi connectivity index (χ0v) is 14.2. The molecule has 1 aromatic rings. The predicted octanol–water partition coefficient (Wildman–Crippen LogP) is 4.00. The minimum absolute atomic E-state index is 0.247. The number of aliphatic imine (C=N–C) groups is 1. The number of aliphatic carboxylic acids is 1. The van der Waals surface area contributed by atoms with Crippen molar-refractivity contribution in [2.24, 2.45) is 10.9 Å². The highest BCUT2D eigenvalue weighted by Gasteiger charge is 2.09. The van der Waals surface area contributed by atoms with Crippen LogP contribution < -0.4 is 5.32 Å². The minimum atomic E-state index is -0.964. The number of hydrogen-bond acceptors (Lipinski definition) is 2. The van der Waals surface area contributed by atoms with Crippen LogP contribution >= 0.6 is 0 Å². The van der Waals surface area contributed by atoms with Gasteiger partial charge in [-0.3, -0.25) is 9.79 Å². The monoisotopic (exact) mass is 320 g/mol. The van der Waals surface area contributed by atoms with Gasteiger partial charge in [-0.15, -0.1) is 0 Å². The van der Waals surface area contributed by atoms with Gasteiger partial charge in [0.1, 0.15) is 18.2 Å². The van der Waals surface area contributed by atoms with Gasteiger partial charge in [0.15, 0.2) is 0 Å². The van der Waals surface area contributed by atoms with E-state index in [0.717, 1.165) is 17.7 Å². The molecule has 1 aromatic carbocycles. The van der Waals surface area contributed by atoms with Crippen molar-refractivity contribution < 1.29 is 14.3 Å². The average molecular weight is 320 g/mol. The second-order valence-electron chi connectivity index (χ2n) is 5.88. The van der Waals surface area contributed by atoms with Crippen molar-refractivity contribution in [3.63, 3.8) is 0 Å². The number of carboxylic acids is 1. The van der Waals surface area contributed by atoms with E-state index in [2.05, 4.69) is 24.2 Å². The molecule has 0 fully saturated rings. The van der Waals surface area contributed by atoms with Gasteiger partial charge >= 0.3 is 5.97 Å². The Labute approximate surface area is 137 Å². The van der Waals surface area contributed by atoms with E-state index in [-0.39, 0.29) is 12.4 Å². The van der Waals surface area contributed by atoms with Crippen LogP contribution in [0.3, 0.4) is 0 Å². The zero-order valence-electron chi connectivity index (χ0n) is 14.2. The molecule has 0 saturated carbocycles. The van der Waals surface area contributed by atoms with Crippen LogP contribution in [0.1, 0.15) is 44.7 Å². The van der Waals surface area contributed by atoms with Gasteiger partial charge in [0, 0.05) is 12.1 Å². The Morgan fingerprint density at radius 2 is 2.13 bits per heavy atom. The fourth-order valence-corrected chi connectivity index (χ4v) is 2.05. The van der Waals surface area contributed by atoms with Crippen LogP contribution in [0.15, 0.2) is 29.3 Å². The van der Waals surface area contributed by atoms with E-state index < -0.39 is 5.97 Å². The summed E-state index contributed by atoms with van der Waals surface area (Å²) in [5, 5.41) is 12.0. The average Bonchev–Trinajstić information content (AvgIpc) is 2.49. The predicted molar refractivity (Wildman–Crippen MR) is 91.9 cm³/mol. The van der Waals surface area contributed by atoms with Crippen molar-refractivity contribution in [2.45, 2.75) is 40.5 Å². The number of benzene rings is 1. The molecular formula is C18H25FN2O2. The molecule has 4 nitrogen and oxygen atoms in total. The Balaban J connectivity index is 2.95. The molecule has 0 aliphatic carbocycles. The maximum absolute atomic E-state index is 13.4. The van der Waals surface area contributed by atoms with Crippen molar-refractivity contribution in [3.05, 3.63) is 41.2 Å². The third-order valence-electron chi connectivity index (χ3n) is 3.40.